The Balaban J connectivity index is 1.80. The number of ether oxygens (including phenoxy) is 2. The first-order valence-corrected chi connectivity index (χ1v) is 9.06. The zero-order chi connectivity index (χ0) is 19.6. The lowest BCUT2D eigenvalue weighted by Gasteiger charge is -2.22. The molecule has 5 nitrogen and oxygen atoms in total. The van der Waals surface area contributed by atoms with Gasteiger partial charge in [0, 0.05) is 17.1 Å². The van der Waals surface area contributed by atoms with Crippen molar-refractivity contribution in [3.63, 3.8) is 0 Å². The van der Waals surface area contributed by atoms with Gasteiger partial charge in [-0.15, -0.1) is 0 Å². The summed E-state index contributed by atoms with van der Waals surface area (Å²) in [6.45, 7) is 9.51. The zero-order valence-electron chi connectivity index (χ0n) is 16.4. The molecule has 0 spiro atoms. The number of nitrogens with one attached hydrogen (secondary N) is 2. The molecular formula is C22H26N2O3. The molecule has 5 heteroatoms. The van der Waals surface area contributed by atoms with Crippen molar-refractivity contribution in [3.05, 3.63) is 59.8 Å². The van der Waals surface area contributed by atoms with Gasteiger partial charge in [0.05, 0.1) is 6.04 Å². The van der Waals surface area contributed by atoms with Crippen molar-refractivity contribution < 1.29 is 14.3 Å². The highest BCUT2D eigenvalue weighted by Crippen LogP contribution is 2.30. The molecule has 0 aliphatic carbocycles. The predicted molar refractivity (Wildman–Crippen MR) is 107 cm³/mol. The van der Waals surface area contributed by atoms with Crippen LogP contribution in [-0.2, 0) is 4.74 Å². The van der Waals surface area contributed by atoms with Crippen LogP contribution in [0.1, 0.15) is 44.9 Å². The normalized spacial score (nSPS) is 12.6. The molecule has 0 bridgehead atoms. The van der Waals surface area contributed by atoms with Gasteiger partial charge < -0.3 is 19.8 Å². The molecule has 1 heterocycles. The number of aromatic amines is 1. The summed E-state index contributed by atoms with van der Waals surface area (Å²) >= 11 is 0. The van der Waals surface area contributed by atoms with Crippen molar-refractivity contribution in [2.24, 2.45) is 0 Å². The molecule has 2 aromatic carbocycles. The lowest BCUT2D eigenvalue weighted by atomic mass is 10.1. The first kappa shape index (κ1) is 18.8. The van der Waals surface area contributed by atoms with Gasteiger partial charge in [0.2, 0.25) is 0 Å². The van der Waals surface area contributed by atoms with E-state index in [-0.39, 0.29) is 6.04 Å². The maximum atomic E-state index is 12.1. The Kier molecular flexibility index (Phi) is 5.13. The molecule has 27 heavy (non-hydrogen) atoms. The van der Waals surface area contributed by atoms with E-state index in [1.165, 1.54) is 5.56 Å². The van der Waals surface area contributed by atoms with E-state index in [2.05, 4.69) is 10.3 Å². The van der Waals surface area contributed by atoms with Crippen molar-refractivity contribution in [1.29, 1.82) is 0 Å². The van der Waals surface area contributed by atoms with Crippen LogP contribution in [0.2, 0.25) is 0 Å². The molecule has 2 N–H and O–H groups in total. The van der Waals surface area contributed by atoms with Gasteiger partial charge in [0.15, 0.2) is 0 Å². The van der Waals surface area contributed by atoms with Crippen molar-refractivity contribution in [2.45, 2.75) is 46.3 Å². The van der Waals surface area contributed by atoms with Gasteiger partial charge in [-0.2, -0.15) is 0 Å². The third kappa shape index (κ3) is 4.82. The van der Waals surface area contributed by atoms with E-state index in [9.17, 15) is 4.79 Å². The quantitative estimate of drug-likeness (QED) is 0.608. The molecule has 1 unspecified atom stereocenters. The van der Waals surface area contributed by atoms with Crippen LogP contribution < -0.4 is 10.1 Å². The topological polar surface area (TPSA) is 63.3 Å². The number of H-pyrrole nitrogens is 1. The van der Waals surface area contributed by atoms with E-state index < -0.39 is 11.7 Å². The lowest BCUT2D eigenvalue weighted by molar-refractivity contribution is 0.0508. The Hall–Kier alpha value is -2.95. The molecule has 0 radical (unpaired) electrons. The second-order valence-corrected chi connectivity index (χ2v) is 7.73. The van der Waals surface area contributed by atoms with Gasteiger partial charge in [-0.25, -0.2) is 4.79 Å². The summed E-state index contributed by atoms with van der Waals surface area (Å²) in [4.78, 5) is 15.3. The first-order chi connectivity index (χ1) is 12.7. The van der Waals surface area contributed by atoms with Gasteiger partial charge in [0.1, 0.15) is 17.1 Å². The molecule has 1 aromatic heterocycles. The zero-order valence-corrected chi connectivity index (χ0v) is 16.4. The first-order valence-electron chi connectivity index (χ1n) is 9.06. The second-order valence-electron chi connectivity index (χ2n) is 7.73. The summed E-state index contributed by atoms with van der Waals surface area (Å²) in [6.07, 6.45) is 1.47. The Bertz CT molecular complexity index is 936. The maximum Gasteiger partial charge on any atom is 0.408 e. The highest BCUT2D eigenvalue weighted by atomic mass is 16.6. The molecule has 0 fully saturated rings. The van der Waals surface area contributed by atoms with E-state index >= 15 is 0 Å². The molecule has 0 saturated carbocycles. The number of fused-ring (bicyclic) bond motifs is 1. The van der Waals surface area contributed by atoms with Gasteiger partial charge in [-0.05, 0) is 70.5 Å². The molecule has 1 atom stereocenters. The van der Waals surface area contributed by atoms with Crippen LogP contribution in [-0.4, -0.2) is 16.7 Å². The molecule has 142 valence electrons. The number of hydrogen-bond acceptors (Lipinski definition) is 3. The third-order valence-electron chi connectivity index (χ3n) is 4.14. The SMILES string of the molecule is Cc1ccc(Oc2ccc3[nH]cc(C(C)NC(=O)OC(C)(C)C)c3c2)cc1. The van der Waals surface area contributed by atoms with Crippen LogP contribution >= 0.6 is 0 Å². The van der Waals surface area contributed by atoms with Crippen LogP contribution in [0.5, 0.6) is 11.5 Å². The number of aryl methyl sites for hydroxylation is 1. The smallest absolute Gasteiger partial charge is 0.408 e. The Labute approximate surface area is 159 Å². The van der Waals surface area contributed by atoms with Crippen molar-refractivity contribution in [3.8, 4) is 11.5 Å². The molecule has 0 aliphatic rings. The monoisotopic (exact) mass is 366 g/mol. The van der Waals surface area contributed by atoms with E-state index in [0.717, 1.165) is 28.0 Å². The van der Waals surface area contributed by atoms with Crippen molar-refractivity contribution in [1.82, 2.24) is 10.3 Å². The van der Waals surface area contributed by atoms with E-state index in [4.69, 9.17) is 9.47 Å². The summed E-state index contributed by atoms with van der Waals surface area (Å²) in [5.74, 6) is 1.54. The molecular weight excluding hydrogens is 340 g/mol. The van der Waals surface area contributed by atoms with Crippen LogP contribution in [0.25, 0.3) is 10.9 Å². The molecule has 3 rings (SSSR count). The molecule has 1 amide bonds. The lowest BCUT2D eigenvalue weighted by Crippen LogP contribution is -2.33. The number of benzene rings is 2. The summed E-state index contributed by atoms with van der Waals surface area (Å²) < 4.78 is 11.3. The number of alkyl carbamates (subject to hydrolysis) is 1. The number of aromatic nitrogens is 1. The average Bonchev–Trinajstić information content (AvgIpc) is 2.98. The largest absolute Gasteiger partial charge is 0.457 e. The van der Waals surface area contributed by atoms with E-state index in [0.29, 0.717) is 0 Å². The van der Waals surface area contributed by atoms with Crippen LogP contribution in [0.15, 0.2) is 48.7 Å². The Morgan fingerprint density at radius 2 is 1.74 bits per heavy atom. The molecule has 0 saturated heterocycles. The van der Waals surface area contributed by atoms with Gasteiger partial charge in [0.25, 0.3) is 0 Å². The van der Waals surface area contributed by atoms with Crippen LogP contribution in [0, 0.1) is 6.92 Å². The fraction of sp³-hybridized carbons (Fsp3) is 0.318. The summed E-state index contributed by atoms with van der Waals surface area (Å²) in [6, 6.07) is 13.6. The standard InChI is InChI=1S/C22H26N2O3/c1-14-6-8-16(9-7-14)26-17-10-11-20-18(12-17)19(13-23-20)15(2)24-21(25)27-22(3,4)5/h6-13,15,23H,1-5H3,(H,24,25). The number of hydrogen-bond donors (Lipinski definition) is 2. The van der Waals surface area contributed by atoms with E-state index in [1.54, 1.807) is 0 Å². The minimum absolute atomic E-state index is 0.205. The van der Waals surface area contributed by atoms with Crippen molar-refractivity contribution in [2.75, 3.05) is 0 Å². The van der Waals surface area contributed by atoms with Gasteiger partial charge in [-0.3, -0.25) is 0 Å². The van der Waals surface area contributed by atoms with Crippen LogP contribution in [0.4, 0.5) is 4.79 Å². The predicted octanol–water partition coefficient (Wildman–Crippen LogP) is 5.85. The van der Waals surface area contributed by atoms with Crippen LogP contribution in [0.3, 0.4) is 0 Å². The highest BCUT2D eigenvalue weighted by molar-refractivity contribution is 5.85. The number of rotatable bonds is 4. The maximum absolute atomic E-state index is 12.1. The second kappa shape index (κ2) is 7.35. The Morgan fingerprint density at radius 3 is 2.41 bits per heavy atom. The fourth-order valence-corrected chi connectivity index (χ4v) is 2.85. The highest BCUT2D eigenvalue weighted by Gasteiger charge is 2.20. The number of carbonyl (C=O) groups is 1. The third-order valence-corrected chi connectivity index (χ3v) is 4.14. The summed E-state index contributed by atoms with van der Waals surface area (Å²) in [7, 11) is 0. The minimum Gasteiger partial charge on any atom is -0.457 e. The summed E-state index contributed by atoms with van der Waals surface area (Å²) in [5, 5.41) is 3.89. The molecule has 0 aliphatic heterocycles. The number of amides is 1. The van der Waals surface area contributed by atoms with Gasteiger partial charge >= 0.3 is 6.09 Å². The van der Waals surface area contributed by atoms with E-state index in [1.807, 2.05) is 83.3 Å². The minimum atomic E-state index is -0.529. The number of carbonyl (C=O) groups excluding carboxylic acids is 1. The van der Waals surface area contributed by atoms with Crippen molar-refractivity contribution >= 4 is 17.0 Å². The van der Waals surface area contributed by atoms with Gasteiger partial charge in [-0.1, -0.05) is 17.7 Å². The summed E-state index contributed by atoms with van der Waals surface area (Å²) in [5.41, 5.74) is 2.62. The average molecular weight is 366 g/mol. The molecule has 3 aromatic rings. The Morgan fingerprint density at radius 1 is 1.07 bits per heavy atom. The fourth-order valence-electron chi connectivity index (χ4n) is 2.85.